The van der Waals surface area contributed by atoms with E-state index in [9.17, 15) is 4.79 Å². The maximum absolute atomic E-state index is 12.2. The lowest BCUT2D eigenvalue weighted by Crippen LogP contribution is -2.17. The highest BCUT2D eigenvalue weighted by molar-refractivity contribution is 9.10. The first-order chi connectivity index (χ1) is 10.1. The first-order valence-corrected chi connectivity index (χ1v) is 7.31. The Morgan fingerprint density at radius 3 is 2.62 bits per heavy atom. The summed E-state index contributed by atoms with van der Waals surface area (Å²) >= 11 is 9.42. The van der Waals surface area contributed by atoms with Gasteiger partial charge >= 0.3 is 0 Å². The van der Waals surface area contributed by atoms with Gasteiger partial charge in [-0.25, -0.2) is 0 Å². The van der Waals surface area contributed by atoms with Crippen molar-refractivity contribution in [3.05, 3.63) is 45.7 Å². The zero-order valence-electron chi connectivity index (χ0n) is 10.7. The van der Waals surface area contributed by atoms with Crippen LogP contribution in [0, 0.1) is 0 Å². The van der Waals surface area contributed by atoms with Gasteiger partial charge in [-0.15, -0.1) is 0 Å². The van der Waals surface area contributed by atoms with Crippen molar-refractivity contribution in [1.29, 1.82) is 0 Å². The number of amides is 1. The summed E-state index contributed by atoms with van der Waals surface area (Å²) in [5.41, 5.74) is 0.890. The maximum Gasteiger partial charge on any atom is 0.257 e. The molecule has 0 bridgehead atoms. The third-order valence-corrected chi connectivity index (χ3v) is 3.59. The minimum atomic E-state index is -0.303. The molecule has 2 aromatic rings. The highest BCUT2D eigenvalue weighted by atomic mass is 79.9. The van der Waals surface area contributed by atoms with E-state index in [1.807, 2.05) is 0 Å². The molecule has 2 heterocycles. The fourth-order valence-corrected chi connectivity index (χ4v) is 2.46. The number of carbonyl (C=O) groups excluding carboxylic acids is 1. The number of halogens is 2. The number of aromatic nitrogens is 1. The Hall–Kier alpha value is -1.79. The minimum absolute atomic E-state index is 0.303. The predicted octanol–water partition coefficient (Wildman–Crippen LogP) is 3.52. The molecule has 0 fully saturated rings. The highest BCUT2D eigenvalue weighted by Crippen LogP contribution is 2.38. The van der Waals surface area contributed by atoms with Crippen LogP contribution >= 0.6 is 27.5 Å². The Balaban J connectivity index is 1.86. The van der Waals surface area contributed by atoms with Crippen molar-refractivity contribution in [2.75, 3.05) is 18.5 Å². The molecule has 1 N–H and O–H groups in total. The number of benzene rings is 1. The van der Waals surface area contributed by atoms with E-state index in [4.69, 9.17) is 21.1 Å². The molecule has 0 unspecified atom stereocenters. The van der Waals surface area contributed by atoms with Crippen molar-refractivity contribution in [3.8, 4) is 11.5 Å². The molecule has 0 saturated heterocycles. The smallest absolute Gasteiger partial charge is 0.257 e. The van der Waals surface area contributed by atoms with Gasteiger partial charge < -0.3 is 14.8 Å². The maximum atomic E-state index is 12.2. The van der Waals surface area contributed by atoms with Gasteiger partial charge in [-0.3, -0.25) is 9.78 Å². The molecule has 1 aliphatic rings. The molecule has 1 amide bonds. The third-order valence-electron chi connectivity index (χ3n) is 2.85. The van der Waals surface area contributed by atoms with Gasteiger partial charge in [0.15, 0.2) is 11.5 Å². The third kappa shape index (κ3) is 3.11. The van der Waals surface area contributed by atoms with Crippen LogP contribution in [0.2, 0.25) is 5.02 Å². The Bertz CT molecular complexity index is 709. The average molecular weight is 370 g/mol. The van der Waals surface area contributed by atoms with Crippen LogP contribution in [0.5, 0.6) is 11.5 Å². The lowest BCUT2D eigenvalue weighted by molar-refractivity contribution is 0.102. The molecule has 0 atom stereocenters. The molecule has 0 aliphatic carbocycles. The molecule has 3 rings (SSSR count). The monoisotopic (exact) mass is 368 g/mol. The Morgan fingerprint density at radius 1 is 1.19 bits per heavy atom. The number of ether oxygens (including phenoxy) is 2. The molecule has 1 aromatic heterocycles. The molecule has 1 aromatic carbocycles. The normalized spacial score (nSPS) is 12.9. The Kier molecular flexibility index (Phi) is 3.98. The van der Waals surface area contributed by atoms with Crippen LogP contribution in [0.1, 0.15) is 10.4 Å². The summed E-state index contributed by atoms with van der Waals surface area (Å²) in [5.74, 6) is 0.837. The van der Waals surface area contributed by atoms with E-state index in [1.54, 1.807) is 24.4 Å². The van der Waals surface area contributed by atoms with Crippen LogP contribution in [-0.4, -0.2) is 24.1 Å². The van der Waals surface area contributed by atoms with Gasteiger partial charge in [0, 0.05) is 29.0 Å². The number of nitrogens with one attached hydrogen (secondary N) is 1. The van der Waals surface area contributed by atoms with Crippen molar-refractivity contribution in [2.24, 2.45) is 0 Å². The standard InChI is InChI=1S/C14H10BrClN2O3/c15-9-3-8(6-17-7-9)14(19)18-11-5-13-12(4-10(11)16)20-1-2-21-13/h3-7H,1-2H2,(H,18,19). The molecule has 108 valence electrons. The second kappa shape index (κ2) is 5.91. The van der Waals surface area contributed by atoms with Crippen LogP contribution < -0.4 is 14.8 Å². The number of hydrogen-bond donors (Lipinski definition) is 1. The predicted molar refractivity (Wildman–Crippen MR) is 82.3 cm³/mol. The summed E-state index contributed by atoms with van der Waals surface area (Å²) in [6, 6.07) is 4.96. The Morgan fingerprint density at radius 2 is 1.90 bits per heavy atom. The van der Waals surface area contributed by atoms with Crippen molar-refractivity contribution in [2.45, 2.75) is 0 Å². The number of carbonyl (C=O) groups is 1. The molecule has 1 aliphatic heterocycles. The first-order valence-electron chi connectivity index (χ1n) is 6.14. The molecule has 7 heteroatoms. The van der Waals surface area contributed by atoms with Gasteiger partial charge in [-0.2, -0.15) is 0 Å². The largest absolute Gasteiger partial charge is 0.486 e. The van der Waals surface area contributed by atoms with Crippen LogP contribution in [0.15, 0.2) is 35.1 Å². The molecule has 5 nitrogen and oxygen atoms in total. The van der Waals surface area contributed by atoms with Gasteiger partial charge in [-0.05, 0) is 22.0 Å². The van der Waals surface area contributed by atoms with Gasteiger partial charge in [0.05, 0.1) is 16.3 Å². The SMILES string of the molecule is O=C(Nc1cc2c(cc1Cl)OCCO2)c1cncc(Br)c1. The number of nitrogens with zero attached hydrogens (tertiary/aromatic N) is 1. The molecule has 0 spiro atoms. The van der Waals surface area contributed by atoms with Crippen LogP contribution in [0.25, 0.3) is 0 Å². The number of hydrogen-bond acceptors (Lipinski definition) is 4. The van der Waals surface area contributed by atoms with E-state index in [1.165, 1.54) is 6.20 Å². The topological polar surface area (TPSA) is 60.5 Å². The number of rotatable bonds is 2. The van der Waals surface area contributed by atoms with Gasteiger partial charge in [0.1, 0.15) is 13.2 Å². The van der Waals surface area contributed by atoms with E-state index in [0.717, 1.165) is 4.47 Å². The molecule has 0 radical (unpaired) electrons. The van der Waals surface area contributed by atoms with Gasteiger partial charge in [0.2, 0.25) is 0 Å². The fourth-order valence-electron chi connectivity index (χ4n) is 1.89. The number of anilines is 1. The van der Waals surface area contributed by atoms with Crippen molar-refractivity contribution >= 4 is 39.1 Å². The second-order valence-electron chi connectivity index (χ2n) is 4.32. The summed E-state index contributed by atoms with van der Waals surface area (Å²) in [7, 11) is 0. The van der Waals surface area contributed by atoms with E-state index in [2.05, 4.69) is 26.2 Å². The van der Waals surface area contributed by atoms with Crippen molar-refractivity contribution in [3.63, 3.8) is 0 Å². The molecule has 0 saturated carbocycles. The van der Waals surface area contributed by atoms with Gasteiger partial charge in [-0.1, -0.05) is 11.6 Å². The van der Waals surface area contributed by atoms with Crippen LogP contribution in [0.3, 0.4) is 0 Å². The zero-order chi connectivity index (χ0) is 14.8. The van der Waals surface area contributed by atoms with Crippen LogP contribution in [0.4, 0.5) is 5.69 Å². The molecular formula is C14H10BrClN2O3. The van der Waals surface area contributed by atoms with Gasteiger partial charge in [0.25, 0.3) is 5.91 Å². The first kappa shape index (κ1) is 14.2. The average Bonchev–Trinajstić information content (AvgIpc) is 2.48. The lowest BCUT2D eigenvalue weighted by Gasteiger charge is -2.20. The summed E-state index contributed by atoms with van der Waals surface area (Å²) in [6.07, 6.45) is 3.08. The highest BCUT2D eigenvalue weighted by Gasteiger charge is 2.17. The fraction of sp³-hybridized carbons (Fsp3) is 0.143. The van der Waals surface area contributed by atoms with E-state index >= 15 is 0 Å². The lowest BCUT2D eigenvalue weighted by atomic mass is 10.2. The molecule has 21 heavy (non-hydrogen) atoms. The summed E-state index contributed by atoms with van der Waals surface area (Å²) in [4.78, 5) is 16.1. The second-order valence-corrected chi connectivity index (χ2v) is 5.64. The van der Waals surface area contributed by atoms with Crippen LogP contribution in [-0.2, 0) is 0 Å². The van der Waals surface area contributed by atoms with Crippen molar-refractivity contribution < 1.29 is 14.3 Å². The quantitative estimate of drug-likeness (QED) is 0.880. The summed E-state index contributed by atoms with van der Waals surface area (Å²) in [6.45, 7) is 0.955. The minimum Gasteiger partial charge on any atom is -0.486 e. The van der Waals surface area contributed by atoms with Crippen molar-refractivity contribution in [1.82, 2.24) is 4.98 Å². The number of pyridine rings is 1. The summed E-state index contributed by atoms with van der Waals surface area (Å²) < 4.78 is 11.6. The summed E-state index contributed by atoms with van der Waals surface area (Å²) in [5, 5.41) is 3.12. The van der Waals surface area contributed by atoms with E-state index in [-0.39, 0.29) is 5.91 Å². The Labute approximate surface area is 134 Å². The molecular weight excluding hydrogens is 360 g/mol. The van der Waals surface area contributed by atoms with E-state index < -0.39 is 0 Å². The zero-order valence-corrected chi connectivity index (χ0v) is 13.1. The van der Waals surface area contributed by atoms with E-state index in [0.29, 0.717) is 41.0 Å². The number of fused-ring (bicyclic) bond motifs is 1.